The van der Waals surface area contributed by atoms with E-state index >= 15 is 0 Å². The molecule has 0 unspecified atom stereocenters. The van der Waals surface area contributed by atoms with Crippen LogP contribution in [-0.2, 0) is 6.42 Å². The zero-order valence-corrected chi connectivity index (χ0v) is 12.2. The summed E-state index contributed by atoms with van der Waals surface area (Å²) in [6.07, 6.45) is 0.457. The highest BCUT2D eigenvalue weighted by Crippen LogP contribution is 2.28. The summed E-state index contributed by atoms with van der Waals surface area (Å²) in [6.45, 7) is 1.71. The van der Waals surface area contributed by atoms with Gasteiger partial charge < -0.3 is 4.74 Å². The molecule has 0 aliphatic rings. The third-order valence-electron chi connectivity index (χ3n) is 2.95. The highest BCUT2D eigenvalue weighted by Gasteiger charge is 2.10. The van der Waals surface area contributed by atoms with Crippen LogP contribution in [0.15, 0.2) is 34.8 Å². The fraction of sp³-hybridized carbons (Fsp3) is 0.200. The molecule has 0 fully saturated rings. The van der Waals surface area contributed by atoms with Crippen LogP contribution in [0.25, 0.3) is 0 Å². The quantitative estimate of drug-likeness (QED) is 0.798. The summed E-state index contributed by atoms with van der Waals surface area (Å²) in [6, 6.07) is 8.02. The minimum Gasteiger partial charge on any atom is -0.494 e. The van der Waals surface area contributed by atoms with Crippen LogP contribution in [0, 0.1) is 18.6 Å². The van der Waals surface area contributed by atoms with Crippen molar-refractivity contribution in [3.05, 3.63) is 63.1 Å². The molecule has 0 saturated carbocycles. The molecule has 19 heavy (non-hydrogen) atoms. The van der Waals surface area contributed by atoms with Gasteiger partial charge in [0.15, 0.2) is 11.6 Å². The normalized spacial score (nSPS) is 10.6. The Bertz CT molecular complexity index is 611. The second kappa shape index (κ2) is 5.70. The van der Waals surface area contributed by atoms with E-state index in [0.29, 0.717) is 12.0 Å². The van der Waals surface area contributed by atoms with Crippen molar-refractivity contribution in [2.75, 3.05) is 7.11 Å². The fourth-order valence-electron chi connectivity index (χ4n) is 1.83. The number of rotatable bonds is 3. The maximum absolute atomic E-state index is 13.7. The molecule has 0 amide bonds. The minimum atomic E-state index is -0.423. The third kappa shape index (κ3) is 3.13. The molecule has 0 heterocycles. The van der Waals surface area contributed by atoms with E-state index in [1.165, 1.54) is 19.2 Å². The zero-order chi connectivity index (χ0) is 14.0. The molecular weight excluding hydrogens is 314 g/mol. The predicted octanol–water partition coefficient (Wildman–Crippen LogP) is 4.64. The van der Waals surface area contributed by atoms with Crippen LogP contribution in [-0.4, -0.2) is 7.11 Å². The summed E-state index contributed by atoms with van der Waals surface area (Å²) in [5.41, 5.74) is 2.15. The van der Waals surface area contributed by atoms with Gasteiger partial charge in [0, 0.05) is 4.47 Å². The van der Waals surface area contributed by atoms with E-state index < -0.39 is 5.82 Å². The molecule has 0 saturated heterocycles. The van der Waals surface area contributed by atoms with Crippen LogP contribution < -0.4 is 4.74 Å². The molecule has 0 aliphatic carbocycles. The van der Waals surface area contributed by atoms with E-state index in [1.807, 2.05) is 6.07 Å². The summed E-state index contributed by atoms with van der Waals surface area (Å²) >= 11 is 3.37. The second-order valence-electron chi connectivity index (χ2n) is 4.34. The monoisotopic (exact) mass is 326 g/mol. The Kier molecular flexibility index (Phi) is 4.20. The first-order valence-corrected chi connectivity index (χ1v) is 6.57. The number of aryl methyl sites for hydroxylation is 1. The molecular formula is C15H13BrF2O. The van der Waals surface area contributed by atoms with Crippen molar-refractivity contribution in [2.24, 2.45) is 0 Å². The SMILES string of the molecule is COc1cc(Br)c(Cc2ccc(C)c(F)c2)cc1F. The first-order chi connectivity index (χ1) is 9.01. The molecule has 0 aliphatic heterocycles. The molecule has 0 bridgehead atoms. The molecule has 2 aromatic rings. The Hall–Kier alpha value is -1.42. The highest BCUT2D eigenvalue weighted by molar-refractivity contribution is 9.10. The van der Waals surface area contributed by atoms with Crippen LogP contribution in [0.2, 0.25) is 0 Å². The van der Waals surface area contributed by atoms with Gasteiger partial charge in [0.2, 0.25) is 0 Å². The molecule has 1 nitrogen and oxygen atoms in total. The van der Waals surface area contributed by atoms with Gasteiger partial charge >= 0.3 is 0 Å². The Morgan fingerprint density at radius 3 is 2.47 bits per heavy atom. The van der Waals surface area contributed by atoms with Crippen molar-refractivity contribution >= 4 is 15.9 Å². The molecule has 0 N–H and O–H groups in total. The average molecular weight is 327 g/mol. The average Bonchev–Trinajstić information content (AvgIpc) is 2.38. The Morgan fingerprint density at radius 2 is 1.84 bits per heavy atom. The summed E-state index contributed by atoms with van der Waals surface area (Å²) in [7, 11) is 1.42. The zero-order valence-electron chi connectivity index (χ0n) is 10.6. The second-order valence-corrected chi connectivity index (χ2v) is 5.19. The van der Waals surface area contributed by atoms with Crippen molar-refractivity contribution < 1.29 is 13.5 Å². The van der Waals surface area contributed by atoms with Gasteiger partial charge in [-0.3, -0.25) is 0 Å². The van der Waals surface area contributed by atoms with E-state index in [1.54, 1.807) is 19.1 Å². The van der Waals surface area contributed by atoms with Crippen molar-refractivity contribution in [1.82, 2.24) is 0 Å². The lowest BCUT2D eigenvalue weighted by molar-refractivity contribution is 0.386. The summed E-state index contributed by atoms with van der Waals surface area (Å²) in [5, 5.41) is 0. The lowest BCUT2D eigenvalue weighted by Crippen LogP contribution is -1.96. The van der Waals surface area contributed by atoms with Gasteiger partial charge in [0.05, 0.1) is 7.11 Å². The van der Waals surface area contributed by atoms with Crippen molar-refractivity contribution in [2.45, 2.75) is 13.3 Å². The van der Waals surface area contributed by atoms with Crippen molar-refractivity contribution in [3.63, 3.8) is 0 Å². The Balaban J connectivity index is 2.32. The number of hydrogen-bond donors (Lipinski definition) is 0. The molecule has 4 heteroatoms. The lowest BCUT2D eigenvalue weighted by Gasteiger charge is -2.09. The maximum atomic E-state index is 13.7. The molecule has 0 atom stereocenters. The Morgan fingerprint density at radius 1 is 1.11 bits per heavy atom. The first-order valence-electron chi connectivity index (χ1n) is 5.78. The van der Waals surface area contributed by atoms with Gasteiger partial charge in [0.1, 0.15) is 5.82 Å². The number of hydrogen-bond acceptors (Lipinski definition) is 1. The Labute approximate surface area is 119 Å². The van der Waals surface area contributed by atoms with Crippen LogP contribution >= 0.6 is 15.9 Å². The van der Waals surface area contributed by atoms with Crippen molar-refractivity contribution in [1.29, 1.82) is 0 Å². The standard InChI is InChI=1S/C15H13BrF2O/c1-9-3-4-10(6-13(9)17)5-11-7-14(18)15(19-2)8-12(11)16/h3-4,6-8H,5H2,1-2H3. The lowest BCUT2D eigenvalue weighted by atomic mass is 10.0. The van der Waals surface area contributed by atoms with Crippen LogP contribution in [0.1, 0.15) is 16.7 Å². The molecule has 0 radical (unpaired) electrons. The number of ether oxygens (including phenoxy) is 1. The predicted molar refractivity (Wildman–Crippen MR) is 74.6 cm³/mol. The first kappa shape index (κ1) is 14.0. The van der Waals surface area contributed by atoms with E-state index in [9.17, 15) is 8.78 Å². The van der Waals surface area contributed by atoms with E-state index in [-0.39, 0.29) is 11.6 Å². The third-order valence-corrected chi connectivity index (χ3v) is 3.69. The molecule has 0 aromatic heterocycles. The topological polar surface area (TPSA) is 9.23 Å². The molecule has 100 valence electrons. The van der Waals surface area contributed by atoms with E-state index in [2.05, 4.69) is 15.9 Å². The van der Waals surface area contributed by atoms with Gasteiger partial charge in [-0.05, 0) is 48.2 Å². The molecule has 2 aromatic carbocycles. The van der Waals surface area contributed by atoms with Crippen LogP contribution in [0.4, 0.5) is 8.78 Å². The number of methoxy groups -OCH3 is 1. The number of benzene rings is 2. The smallest absolute Gasteiger partial charge is 0.165 e. The van der Waals surface area contributed by atoms with Crippen LogP contribution in [0.5, 0.6) is 5.75 Å². The summed E-state index contributed by atoms with van der Waals surface area (Å²) in [5.74, 6) is -0.485. The molecule has 0 spiro atoms. The van der Waals surface area contributed by atoms with Crippen LogP contribution in [0.3, 0.4) is 0 Å². The van der Waals surface area contributed by atoms with Gasteiger partial charge in [-0.25, -0.2) is 8.78 Å². The molecule has 2 rings (SSSR count). The van der Waals surface area contributed by atoms with E-state index in [4.69, 9.17) is 4.74 Å². The van der Waals surface area contributed by atoms with Gasteiger partial charge in [0.25, 0.3) is 0 Å². The summed E-state index contributed by atoms with van der Waals surface area (Å²) in [4.78, 5) is 0. The summed E-state index contributed by atoms with van der Waals surface area (Å²) < 4.78 is 32.8. The van der Waals surface area contributed by atoms with Gasteiger partial charge in [-0.2, -0.15) is 0 Å². The van der Waals surface area contributed by atoms with E-state index in [0.717, 1.165) is 15.6 Å². The highest BCUT2D eigenvalue weighted by atomic mass is 79.9. The largest absolute Gasteiger partial charge is 0.494 e. The number of halogens is 3. The van der Waals surface area contributed by atoms with Gasteiger partial charge in [-0.15, -0.1) is 0 Å². The minimum absolute atomic E-state index is 0.186. The van der Waals surface area contributed by atoms with Crippen molar-refractivity contribution in [3.8, 4) is 5.75 Å². The van der Waals surface area contributed by atoms with Gasteiger partial charge in [-0.1, -0.05) is 28.1 Å². The fourth-order valence-corrected chi connectivity index (χ4v) is 2.29. The maximum Gasteiger partial charge on any atom is 0.165 e.